The molecule has 0 spiro atoms. The third kappa shape index (κ3) is 3.27. The minimum absolute atomic E-state index is 0.267. The fraction of sp³-hybridized carbons (Fsp3) is 0.167. The fourth-order valence-corrected chi connectivity index (χ4v) is 2.29. The highest BCUT2D eigenvalue weighted by molar-refractivity contribution is 5.60. The van der Waals surface area contributed by atoms with E-state index in [1.165, 1.54) is 5.56 Å². The van der Waals surface area contributed by atoms with E-state index in [1.807, 2.05) is 32.0 Å². The molecule has 6 nitrogen and oxygen atoms in total. The number of rotatable bonds is 4. The third-order valence-electron chi connectivity index (χ3n) is 3.83. The maximum Gasteiger partial charge on any atom is 0.279 e. The summed E-state index contributed by atoms with van der Waals surface area (Å²) in [6.45, 7) is 4.08. The number of anilines is 2. The molecule has 24 heavy (non-hydrogen) atoms. The highest BCUT2D eigenvalue weighted by atomic mass is 16.5. The van der Waals surface area contributed by atoms with Crippen molar-refractivity contribution < 1.29 is 4.74 Å². The number of hydrogen-bond acceptors (Lipinski definition) is 5. The van der Waals surface area contributed by atoms with E-state index < -0.39 is 0 Å². The monoisotopic (exact) mass is 322 g/mol. The third-order valence-corrected chi connectivity index (χ3v) is 3.83. The highest BCUT2D eigenvalue weighted by Gasteiger charge is 2.08. The van der Waals surface area contributed by atoms with Crippen molar-refractivity contribution in [3.8, 4) is 17.0 Å². The standard InChI is InChI=1S/C18H18N4O2/c1-11-4-7-14(10-12(11)2)19-18-20-17(23)16(21-22-18)13-5-8-15(24-3)9-6-13/h4-10H,1-3H3,(H2,19,20,22,23). The summed E-state index contributed by atoms with van der Waals surface area (Å²) >= 11 is 0. The van der Waals surface area contributed by atoms with Gasteiger partial charge in [-0.05, 0) is 61.4 Å². The zero-order chi connectivity index (χ0) is 17.1. The Morgan fingerprint density at radius 3 is 2.38 bits per heavy atom. The summed E-state index contributed by atoms with van der Waals surface area (Å²) in [5.41, 5.74) is 3.85. The maximum atomic E-state index is 12.3. The zero-order valence-corrected chi connectivity index (χ0v) is 13.8. The van der Waals surface area contributed by atoms with Crippen LogP contribution in [-0.4, -0.2) is 22.3 Å². The molecular formula is C18H18N4O2. The van der Waals surface area contributed by atoms with Crippen LogP contribution in [0.5, 0.6) is 5.75 Å². The second-order valence-corrected chi connectivity index (χ2v) is 5.50. The molecule has 0 saturated heterocycles. The van der Waals surface area contributed by atoms with Gasteiger partial charge in [0.05, 0.1) is 7.11 Å². The van der Waals surface area contributed by atoms with Gasteiger partial charge in [-0.2, -0.15) is 0 Å². The average Bonchev–Trinajstić information content (AvgIpc) is 2.59. The van der Waals surface area contributed by atoms with E-state index in [4.69, 9.17) is 4.74 Å². The van der Waals surface area contributed by atoms with Crippen LogP contribution in [0.25, 0.3) is 11.3 Å². The van der Waals surface area contributed by atoms with Gasteiger partial charge in [-0.3, -0.25) is 9.78 Å². The molecule has 0 bridgehead atoms. The van der Waals surface area contributed by atoms with E-state index in [2.05, 4.69) is 20.5 Å². The lowest BCUT2D eigenvalue weighted by Gasteiger charge is -2.08. The van der Waals surface area contributed by atoms with E-state index >= 15 is 0 Å². The molecule has 6 heteroatoms. The summed E-state index contributed by atoms with van der Waals surface area (Å²) in [5.74, 6) is 1.02. The lowest BCUT2D eigenvalue weighted by atomic mass is 10.1. The Hall–Kier alpha value is -3.15. The van der Waals surface area contributed by atoms with E-state index in [0.29, 0.717) is 11.5 Å². The summed E-state index contributed by atoms with van der Waals surface area (Å²) in [6.07, 6.45) is 0. The molecule has 0 aliphatic carbocycles. The SMILES string of the molecule is COc1ccc(-c2nnc(Nc3ccc(C)c(C)c3)[nH]c2=O)cc1. The summed E-state index contributed by atoms with van der Waals surface area (Å²) in [6, 6.07) is 13.0. The van der Waals surface area contributed by atoms with Crippen molar-refractivity contribution in [3.63, 3.8) is 0 Å². The van der Waals surface area contributed by atoms with Crippen LogP contribution in [0.3, 0.4) is 0 Å². The Morgan fingerprint density at radius 1 is 1.00 bits per heavy atom. The first-order valence-corrected chi connectivity index (χ1v) is 7.52. The number of aromatic nitrogens is 3. The van der Waals surface area contributed by atoms with Crippen LogP contribution >= 0.6 is 0 Å². The molecule has 2 aromatic carbocycles. The lowest BCUT2D eigenvalue weighted by molar-refractivity contribution is 0.415. The van der Waals surface area contributed by atoms with Crippen LogP contribution in [0.15, 0.2) is 47.3 Å². The Morgan fingerprint density at radius 2 is 1.75 bits per heavy atom. The molecular weight excluding hydrogens is 304 g/mol. The topological polar surface area (TPSA) is 79.9 Å². The molecule has 0 amide bonds. The van der Waals surface area contributed by atoms with Gasteiger partial charge in [0.1, 0.15) is 5.75 Å². The summed E-state index contributed by atoms with van der Waals surface area (Å²) in [5, 5.41) is 11.2. The maximum absolute atomic E-state index is 12.3. The van der Waals surface area contributed by atoms with Gasteiger partial charge < -0.3 is 10.1 Å². The van der Waals surface area contributed by atoms with Crippen molar-refractivity contribution in [2.24, 2.45) is 0 Å². The van der Waals surface area contributed by atoms with Crippen LogP contribution in [-0.2, 0) is 0 Å². The molecule has 0 fully saturated rings. The smallest absolute Gasteiger partial charge is 0.279 e. The number of aromatic amines is 1. The Bertz CT molecular complexity index is 917. The zero-order valence-electron chi connectivity index (χ0n) is 13.8. The number of hydrogen-bond donors (Lipinski definition) is 2. The normalized spacial score (nSPS) is 10.5. The largest absolute Gasteiger partial charge is 0.497 e. The van der Waals surface area contributed by atoms with Crippen molar-refractivity contribution in [2.75, 3.05) is 12.4 Å². The summed E-state index contributed by atoms with van der Waals surface area (Å²) < 4.78 is 5.11. The molecule has 122 valence electrons. The Kier molecular flexibility index (Phi) is 4.29. The van der Waals surface area contributed by atoms with Crippen LogP contribution in [0.2, 0.25) is 0 Å². The number of aryl methyl sites for hydroxylation is 2. The molecule has 1 heterocycles. The summed E-state index contributed by atoms with van der Waals surface area (Å²) in [4.78, 5) is 15.0. The first-order valence-electron chi connectivity index (χ1n) is 7.52. The van der Waals surface area contributed by atoms with Gasteiger partial charge in [-0.1, -0.05) is 6.07 Å². The van der Waals surface area contributed by atoms with Crippen molar-refractivity contribution >= 4 is 11.6 Å². The summed E-state index contributed by atoms with van der Waals surface area (Å²) in [7, 11) is 1.59. The van der Waals surface area contributed by atoms with Gasteiger partial charge in [0.2, 0.25) is 5.95 Å². The lowest BCUT2D eigenvalue weighted by Crippen LogP contribution is -2.15. The number of ether oxygens (including phenoxy) is 1. The molecule has 0 aliphatic heterocycles. The molecule has 0 atom stereocenters. The first-order chi connectivity index (χ1) is 11.6. The molecule has 0 radical (unpaired) electrons. The minimum Gasteiger partial charge on any atom is -0.497 e. The van der Waals surface area contributed by atoms with Gasteiger partial charge in [0, 0.05) is 11.3 Å². The predicted molar refractivity (Wildman–Crippen MR) is 93.8 cm³/mol. The predicted octanol–water partition coefficient (Wildman–Crippen LogP) is 3.20. The van der Waals surface area contributed by atoms with Crippen molar-refractivity contribution in [1.29, 1.82) is 0 Å². The fourth-order valence-electron chi connectivity index (χ4n) is 2.29. The quantitative estimate of drug-likeness (QED) is 0.771. The van der Waals surface area contributed by atoms with Crippen molar-refractivity contribution in [1.82, 2.24) is 15.2 Å². The van der Waals surface area contributed by atoms with Gasteiger partial charge >= 0.3 is 0 Å². The van der Waals surface area contributed by atoms with Crippen LogP contribution in [0, 0.1) is 13.8 Å². The van der Waals surface area contributed by atoms with Crippen LogP contribution in [0.1, 0.15) is 11.1 Å². The van der Waals surface area contributed by atoms with E-state index in [1.54, 1.807) is 31.4 Å². The van der Waals surface area contributed by atoms with E-state index in [-0.39, 0.29) is 11.3 Å². The number of benzene rings is 2. The average molecular weight is 322 g/mol. The number of nitrogens with zero attached hydrogens (tertiary/aromatic N) is 2. The molecule has 0 unspecified atom stereocenters. The molecule has 3 rings (SSSR count). The second-order valence-electron chi connectivity index (χ2n) is 5.50. The van der Waals surface area contributed by atoms with E-state index in [9.17, 15) is 4.79 Å². The minimum atomic E-state index is -0.304. The van der Waals surface area contributed by atoms with Crippen molar-refractivity contribution in [2.45, 2.75) is 13.8 Å². The van der Waals surface area contributed by atoms with Gasteiger partial charge in [0.25, 0.3) is 5.56 Å². The second kappa shape index (κ2) is 6.54. The molecule has 1 aromatic heterocycles. The van der Waals surface area contributed by atoms with Gasteiger partial charge in [-0.15, -0.1) is 10.2 Å². The molecule has 0 saturated carbocycles. The van der Waals surface area contributed by atoms with Crippen LogP contribution in [0.4, 0.5) is 11.6 Å². The van der Waals surface area contributed by atoms with E-state index in [0.717, 1.165) is 17.0 Å². The Balaban J connectivity index is 1.86. The van der Waals surface area contributed by atoms with Gasteiger partial charge in [0.15, 0.2) is 5.69 Å². The molecule has 2 N–H and O–H groups in total. The number of methoxy groups -OCH3 is 1. The van der Waals surface area contributed by atoms with Crippen molar-refractivity contribution in [3.05, 3.63) is 63.9 Å². The first kappa shape index (κ1) is 15.7. The number of nitrogens with one attached hydrogen (secondary N) is 2. The Labute approximate surface area is 139 Å². The van der Waals surface area contributed by atoms with Gasteiger partial charge in [-0.25, -0.2) is 0 Å². The highest BCUT2D eigenvalue weighted by Crippen LogP contribution is 2.19. The molecule has 3 aromatic rings. The van der Waals surface area contributed by atoms with Crippen LogP contribution < -0.4 is 15.6 Å². The molecule has 0 aliphatic rings. The number of H-pyrrole nitrogens is 1.